The van der Waals surface area contributed by atoms with E-state index in [1.807, 2.05) is 19.2 Å². The van der Waals surface area contributed by atoms with Crippen molar-refractivity contribution < 1.29 is 0 Å². The van der Waals surface area contributed by atoms with Crippen molar-refractivity contribution in [2.45, 2.75) is 10.8 Å². The van der Waals surface area contributed by atoms with Crippen molar-refractivity contribution in [2.24, 2.45) is 7.05 Å². The first-order valence-electron chi connectivity index (χ1n) is 5.84. The number of aryl methyl sites for hydroxylation is 1. The predicted octanol–water partition coefficient (Wildman–Crippen LogP) is 3.96. The summed E-state index contributed by atoms with van der Waals surface area (Å²) in [5.74, 6) is 0.762. The van der Waals surface area contributed by atoms with Gasteiger partial charge < -0.3 is 0 Å². The summed E-state index contributed by atoms with van der Waals surface area (Å²) in [5.41, 5.74) is 1.93. The first-order chi connectivity index (χ1) is 9.65. The number of hydrogen-bond donors (Lipinski definition) is 0. The molecule has 0 N–H and O–H groups in total. The fourth-order valence-electron chi connectivity index (χ4n) is 1.84. The van der Waals surface area contributed by atoms with Crippen molar-refractivity contribution in [3.8, 4) is 0 Å². The SMILES string of the molecule is Cn1ncc2c(SCc3ccc(Cl)c(Cl)c3)ncnc21. The lowest BCUT2D eigenvalue weighted by atomic mass is 10.2. The van der Waals surface area contributed by atoms with Crippen LogP contribution in [-0.2, 0) is 12.8 Å². The number of hydrogen-bond acceptors (Lipinski definition) is 4. The Labute approximate surface area is 130 Å². The molecule has 0 radical (unpaired) electrons. The van der Waals surface area contributed by atoms with Crippen molar-refractivity contribution in [3.63, 3.8) is 0 Å². The van der Waals surface area contributed by atoms with E-state index in [-0.39, 0.29) is 0 Å². The summed E-state index contributed by atoms with van der Waals surface area (Å²) in [7, 11) is 1.86. The molecule has 1 aromatic carbocycles. The molecule has 7 heteroatoms. The number of aromatic nitrogens is 4. The highest BCUT2D eigenvalue weighted by atomic mass is 35.5. The molecule has 0 saturated heterocycles. The molecule has 0 spiro atoms. The van der Waals surface area contributed by atoms with Crippen molar-refractivity contribution in [1.29, 1.82) is 0 Å². The van der Waals surface area contributed by atoms with Crippen molar-refractivity contribution in [2.75, 3.05) is 0 Å². The molecule has 0 aliphatic carbocycles. The average Bonchev–Trinajstić information content (AvgIpc) is 2.83. The van der Waals surface area contributed by atoms with Gasteiger partial charge in [-0.15, -0.1) is 11.8 Å². The third-order valence-electron chi connectivity index (χ3n) is 2.85. The molecular weight excluding hydrogens is 315 g/mol. The van der Waals surface area contributed by atoms with E-state index in [2.05, 4.69) is 15.1 Å². The van der Waals surface area contributed by atoms with Gasteiger partial charge in [-0.25, -0.2) is 9.97 Å². The van der Waals surface area contributed by atoms with Gasteiger partial charge in [-0.3, -0.25) is 4.68 Å². The van der Waals surface area contributed by atoms with E-state index in [1.165, 1.54) is 0 Å². The van der Waals surface area contributed by atoms with Gasteiger partial charge in [0.1, 0.15) is 11.4 Å². The third kappa shape index (κ3) is 2.61. The molecule has 20 heavy (non-hydrogen) atoms. The highest BCUT2D eigenvalue weighted by Gasteiger charge is 2.09. The van der Waals surface area contributed by atoms with E-state index in [0.29, 0.717) is 10.0 Å². The monoisotopic (exact) mass is 324 g/mol. The number of rotatable bonds is 3. The number of nitrogens with zero attached hydrogens (tertiary/aromatic N) is 4. The summed E-state index contributed by atoms with van der Waals surface area (Å²) in [6.45, 7) is 0. The minimum absolute atomic E-state index is 0.567. The molecule has 0 saturated carbocycles. The zero-order valence-electron chi connectivity index (χ0n) is 10.5. The zero-order chi connectivity index (χ0) is 14.1. The third-order valence-corrected chi connectivity index (χ3v) is 4.67. The predicted molar refractivity (Wildman–Crippen MR) is 82.3 cm³/mol. The molecule has 0 bridgehead atoms. The molecule has 3 aromatic rings. The van der Waals surface area contributed by atoms with Crippen molar-refractivity contribution >= 4 is 46.0 Å². The second-order valence-corrected chi connectivity index (χ2v) is 6.00. The topological polar surface area (TPSA) is 43.6 Å². The summed E-state index contributed by atoms with van der Waals surface area (Å²) < 4.78 is 1.74. The Morgan fingerprint density at radius 2 is 2.05 bits per heavy atom. The van der Waals surface area contributed by atoms with Crippen molar-refractivity contribution in [3.05, 3.63) is 46.3 Å². The largest absolute Gasteiger partial charge is 0.250 e. The van der Waals surface area contributed by atoms with Crippen LogP contribution in [0.2, 0.25) is 10.0 Å². The Balaban J connectivity index is 1.85. The van der Waals surface area contributed by atoms with Gasteiger partial charge in [-0.1, -0.05) is 29.3 Å². The second-order valence-electron chi connectivity index (χ2n) is 4.22. The molecule has 0 aliphatic rings. The number of thioether (sulfide) groups is 1. The van der Waals surface area contributed by atoms with Gasteiger partial charge in [0.25, 0.3) is 0 Å². The van der Waals surface area contributed by atoms with E-state index < -0.39 is 0 Å². The molecule has 2 aromatic heterocycles. The highest BCUT2D eigenvalue weighted by molar-refractivity contribution is 7.98. The summed E-state index contributed by atoms with van der Waals surface area (Å²) in [5, 5.41) is 7.20. The number of halogens is 2. The van der Waals surface area contributed by atoms with Crippen LogP contribution in [0.1, 0.15) is 5.56 Å². The molecule has 0 amide bonds. The molecule has 0 aliphatic heterocycles. The molecule has 0 fully saturated rings. The van der Waals surface area contributed by atoms with Crippen LogP contribution in [0.5, 0.6) is 0 Å². The van der Waals surface area contributed by atoms with Gasteiger partial charge in [-0.2, -0.15) is 5.10 Å². The van der Waals surface area contributed by atoms with Gasteiger partial charge in [0.05, 0.1) is 21.6 Å². The minimum atomic E-state index is 0.567. The van der Waals surface area contributed by atoms with Crippen LogP contribution in [0.25, 0.3) is 11.0 Å². The van der Waals surface area contributed by atoms with Gasteiger partial charge in [0.15, 0.2) is 5.65 Å². The standard InChI is InChI=1S/C13H10Cl2N4S/c1-19-12-9(5-18-19)13(17-7-16-12)20-6-8-2-3-10(14)11(15)4-8/h2-5,7H,6H2,1H3. The van der Waals surface area contributed by atoms with Crippen LogP contribution in [-0.4, -0.2) is 19.7 Å². The summed E-state index contributed by atoms with van der Waals surface area (Å²) in [6, 6.07) is 5.64. The quantitative estimate of drug-likeness (QED) is 0.540. The van der Waals surface area contributed by atoms with Gasteiger partial charge >= 0.3 is 0 Å². The lowest BCUT2D eigenvalue weighted by Gasteiger charge is -2.04. The van der Waals surface area contributed by atoms with E-state index in [0.717, 1.165) is 27.4 Å². The molecule has 4 nitrogen and oxygen atoms in total. The molecule has 2 heterocycles. The van der Waals surface area contributed by atoms with Crippen LogP contribution in [0.4, 0.5) is 0 Å². The molecule has 102 valence electrons. The normalized spacial score (nSPS) is 11.2. The van der Waals surface area contributed by atoms with Crippen LogP contribution in [0.3, 0.4) is 0 Å². The Morgan fingerprint density at radius 1 is 1.20 bits per heavy atom. The van der Waals surface area contributed by atoms with Crippen LogP contribution >= 0.6 is 35.0 Å². The summed E-state index contributed by atoms with van der Waals surface area (Å²) in [6.07, 6.45) is 3.34. The average molecular weight is 325 g/mol. The Hall–Kier alpha value is -1.30. The maximum Gasteiger partial charge on any atom is 0.162 e. The fourth-order valence-corrected chi connectivity index (χ4v) is 3.06. The van der Waals surface area contributed by atoms with E-state index >= 15 is 0 Å². The first kappa shape index (κ1) is 13.7. The Kier molecular flexibility index (Phi) is 3.83. The van der Waals surface area contributed by atoms with Crippen LogP contribution < -0.4 is 0 Å². The van der Waals surface area contributed by atoms with E-state index in [1.54, 1.807) is 35.0 Å². The highest BCUT2D eigenvalue weighted by Crippen LogP contribution is 2.29. The lowest BCUT2D eigenvalue weighted by Crippen LogP contribution is -1.93. The minimum Gasteiger partial charge on any atom is -0.250 e. The lowest BCUT2D eigenvalue weighted by molar-refractivity contribution is 0.784. The van der Waals surface area contributed by atoms with E-state index in [4.69, 9.17) is 23.2 Å². The molecule has 3 rings (SSSR count). The fraction of sp³-hybridized carbons (Fsp3) is 0.154. The second kappa shape index (κ2) is 5.60. The van der Waals surface area contributed by atoms with Gasteiger partial charge in [0, 0.05) is 12.8 Å². The number of benzene rings is 1. The van der Waals surface area contributed by atoms with E-state index in [9.17, 15) is 0 Å². The smallest absolute Gasteiger partial charge is 0.162 e. The van der Waals surface area contributed by atoms with Crippen molar-refractivity contribution in [1.82, 2.24) is 19.7 Å². The molecule has 0 unspecified atom stereocenters. The first-order valence-corrected chi connectivity index (χ1v) is 7.59. The van der Waals surface area contributed by atoms with Gasteiger partial charge in [0.2, 0.25) is 0 Å². The maximum atomic E-state index is 6.01. The zero-order valence-corrected chi connectivity index (χ0v) is 12.9. The van der Waals surface area contributed by atoms with Crippen LogP contribution in [0, 0.1) is 0 Å². The number of fused-ring (bicyclic) bond motifs is 1. The molecular formula is C13H10Cl2N4S. The summed E-state index contributed by atoms with van der Waals surface area (Å²) >= 11 is 13.5. The Morgan fingerprint density at radius 3 is 2.85 bits per heavy atom. The molecule has 0 atom stereocenters. The van der Waals surface area contributed by atoms with Gasteiger partial charge in [-0.05, 0) is 17.7 Å². The Bertz CT molecular complexity index is 772. The maximum absolute atomic E-state index is 6.01. The van der Waals surface area contributed by atoms with Crippen LogP contribution in [0.15, 0.2) is 35.7 Å². The summed E-state index contributed by atoms with van der Waals surface area (Å²) in [4.78, 5) is 8.53.